The fraction of sp³-hybridized carbons (Fsp3) is 0.300. The topological polar surface area (TPSA) is 81.9 Å². The van der Waals surface area contributed by atoms with Gasteiger partial charge in [-0.15, -0.1) is 10.2 Å². The van der Waals surface area contributed by atoms with E-state index >= 15 is 0 Å². The summed E-state index contributed by atoms with van der Waals surface area (Å²) >= 11 is 7.40. The summed E-state index contributed by atoms with van der Waals surface area (Å²) in [6, 6.07) is 8.88. The van der Waals surface area contributed by atoms with E-state index in [4.69, 9.17) is 16.3 Å². The fourth-order valence-corrected chi connectivity index (χ4v) is 3.79. The van der Waals surface area contributed by atoms with Gasteiger partial charge in [0.1, 0.15) is 5.75 Å². The monoisotopic (exact) mass is 431 g/mol. The lowest BCUT2D eigenvalue weighted by Gasteiger charge is -2.15. The van der Waals surface area contributed by atoms with E-state index in [9.17, 15) is 4.79 Å². The van der Waals surface area contributed by atoms with Crippen molar-refractivity contribution in [2.24, 2.45) is 0 Å². The van der Waals surface area contributed by atoms with Gasteiger partial charge in [-0.3, -0.25) is 9.78 Å². The van der Waals surface area contributed by atoms with Crippen molar-refractivity contribution in [3.05, 3.63) is 47.7 Å². The van der Waals surface area contributed by atoms with Crippen LogP contribution in [0.25, 0.3) is 11.4 Å². The van der Waals surface area contributed by atoms with Crippen LogP contribution in [0, 0.1) is 0 Å². The van der Waals surface area contributed by atoms with Crippen molar-refractivity contribution >= 4 is 35.0 Å². The van der Waals surface area contributed by atoms with Crippen molar-refractivity contribution in [2.75, 3.05) is 12.4 Å². The number of pyridine rings is 1. The van der Waals surface area contributed by atoms with E-state index in [1.54, 1.807) is 37.7 Å². The molecule has 3 aromatic rings. The minimum atomic E-state index is -0.399. The van der Waals surface area contributed by atoms with Crippen LogP contribution in [-0.4, -0.2) is 38.0 Å². The van der Waals surface area contributed by atoms with Gasteiger partial charge in [-0.05, 0) is 43.7 Å². The van der Waals surface area contributed by atoms with Crippen LogP contribution in [0.15, 0.2) is 47.9 Å². The van der Waals surface area contributed by atoms with E-state index in [0.29, 0.717) is 21.6 Å². The Morgan fingerprint density at radius 3 is 2.72 bits per heavy atom. The summed E-state index contributed by atoms with van der Waals surface area (Å²) in [6.07, 6.45) is 4.37. The number of ether oxygens (including phenoxy) is 1. The maximum atomic E-state index is 12.7. The summed E-state index contributed by atoms with van der Waals surface area (Å²) in [5, 5.41) is 12.3. The van der Waals surface area contributed by atoms with E-state index in [1.807, 2.05) is 23.6 Å². The molecule has 0 saturated carbocycles. The third-order valence-electron chi connectivity index (χ3n) is 4.17. The zero-order chi connectivity index (χ0) is 20.8. The SMILES string of the molecule is CCCn1c(SC(C)C(=O)Nc2cc(Cl)ccc2OC)nnc1-c1ccncc1. The number of carbonyl (C=O) groups excluding carboxylic acids is 1. The minimum absolute atomic E-state index is 0.174. The summed E-state index contributed by atoms with van der Waals surface area (Å²) in [5.74, 6) is 1.14. The van der Waals surface area contributed by atoms with E-state index in [-0.39, 0.29) is 5.91 Å². The number of thioether (sulfide) groups is 1. The lowest BCUT2D eigenvalue weighted by atomic mass is 10.2. The molecule has 3 rings (SSSR count). The standard InChI is InChI=1S/C20H22ClN5O2S/c1-4-11-26-18(14-7-9-22-10-8-14)24-25-20(26)29-13(2)19(27)23-16-12-15(21)5-6-17(16)28-3/h5-10,12-13H,4,11H2,1-3H3,(H,23,27). The van der Waals surface area contributed by atoms with Gasteiger partial charge in [-0.2, -0.15) is 0 Å². The predicted molar refractivity (Wildman–Crippen MR) is 115 cm³/mol. The number of anilines is 1. The molecule has 152 valence electrons. The normalized spacial score (nSPS) is 11.9. The molecule has 0 fully saturated rings. The predicted octanol–water partition coefficient (Wildman–Crippen LogP) is 4.53. The first-order valence-electron chi connectivity index (χ1n) is 9.18. The number of benzene rings is 1. The van der Waals surface area contributed by atoms with E-state index in [2.05, 4.69) is 27.4 Å². The number of rotatable bonds is 8. The first-order chi connectivity index (χ1) is 14.0. The minimum Gasteiger partial charge on any atom is -0.495 e. The number of nitrogens with zero attached hydrogens (tertiary/aromatic N) is 4. The molecule has 2 heterocycles. The zero-order valence-corrected chi connectivity index (χ0v) is 18.0. The van der Waals surface area contributed by atoms with Gasteiger partial charge in [0.25, 0.3) is 0 Å². The number of methoxy groups -OCH3 is 1. The van der Waals surface area contributed by atoms with Crippen LogP contribution < -0.4 is 10.1 Å². The molecule has 0 aliphatic heterocycles. The van der Waals surface area contributed by atoms with Crippen molar-refractivity contribution < 1.29 is 9.53 Å². The Morgan fingerprint density at radius 2 is 2.03 bits per heavy atom. The molecule has 1 aromatic carbocycles. The highest BCUT2D eigenvalue weighted by Crippen LogP contribution is 2.30. The maximum Gasteiger partial charge on any atom is 0.237 e. The van der Waals surface area contributed by atoms with E-state index in [0.717, 1.165) is 24.4 Å². The summed E-state index contributed by atoms with van der Waals surface area (Å²) in [4.78, 5) is 16.8. The zero-order valence-electron chi connectivity index (χ0n) is 16.4. The quantitative estimate of drug-likeness (QED) is 0.527. The molecule has 9 heteroatoms. The highest BCUT2D eigenvalue weighted by Gasteiger charge is 2.21. The molecule has 0 radical (unpaired) electrons. The Morgan fingerprint density at radius 1 is 1.28 bits per heavy atom. The van der Waals surface area contributed by atoms with E-state index < -0.39 is 5.25 Å². The van der Waals surface area contributed by atoms with Gasteiger partial charge in [-0.1, -0.05) is 30.3 Å². The molecule has 29 heavy (non-hydrogen) atoms. The van der Waals surface area contributed by atoms with Gasteiger partial charge in [0, 0.05) is 29.5 Å². The van der Waals surface area contributed by atoms with Crippen molar-refractivity contribution in [3.63, 3.8) is 0 Å². The Kier molecular flexibility index (Phi) is 7.11. The number of amides is 1. The number of halogens is 1. The highest BCUT2D eigenvalue weighted by atomic mass is 35.5. The van der Waals surface area contributed by atoms with Crippen LogP contribution in [0.1, 0.15) is 20.3 Å². The summed E-state index contributed by atoms with van der Waals surface area (Å²) in [5.41, 5.74) is 1.47. The Bertz CT molecular complexity index is 980. The fourth-order valence-electron chi connectivity index (χ4n) is 2.74. The molecule has 1 unspecified atom stereocenters. The molecule has 1 atom stereocenters. The molecule has 2 aromatic heterocycles. The summed E-state index contributed by atoms with van der Waals surface area (Å²) < 4.78 is 7.32. The third kappa shape index (κ3) is 5.07. The molecular formula is C20H22ClN5O2S. The molecule has 7 nitrogen and oxygen atoms in total. The van der Waals surface area contributed by atoms with Gasteiger partial charge in [0.05, 0.1) is 18.0 Å². The van der Waals surface area contributed by atoms with Crippen LogP contribution in [0.5, 0.6) is 5.75 Å². The number of nitrogens with one attached hydrogen (secondary N) is 1. The van der Waals surface area contributed by atoms with Gasteiger partial charge >= 0.3 is 0 Å². The molecule has 0 aliphatic carbocycles. The summed E-state index contributed by atoms with van der Waals surface area (Å²) in [7, 11) is 1.55. The van der Waals surface area contributed by atoms with Crippen LogP contribution in [0.3, 0.4) is 0 Å². The van der Waals surface area contributed by atoms with Gasteiger partial charge in [0.15, 0.2) is 11.0 Å². The van der Waals surface area contributed by atoms with Crippen molar-refractivity contribution in [1.29, 1.82) is 0 Å². The van der Waals surface area contributed by atoms with Crippen molar-refractivity contribution in [3.8, 4) is 17.1 Å². The molecule has 0 bridgehead atoms. The highest BCUT2D eigenvalue weighted by molar-refractivity contribution is 8.00. The van der Waals surface area contributed by atoms with Crippen molar-refractivity contribution in [1.82, 2.24) is 19.7 Å². The van der Waals surface area contributed by atoms with Gasteiger partial charge in [0.2, 0.25) is 5.91 Å². The molecule has 0 aliphatic rings. The second-order valence-corrected chi connectivity index (χ2v) is 8.03. The van der Waals surface area contributed by atoms with Crippen molar-refractivity contribution in [2.45, 2.75) is 37.2 Å². The second kappa shape index (κ2) is 9.76. The molecule has 1 N–H and O–H groups in total. The van der Waals surface area contributed by atoms with Crippen LogP contribution in [0.2, 0.25) is 5.02 Å². The number of hydrogen-bond acceptors (Lipinski definition) is 6. The molecular weight excluding hydrogens is 410 g/mol. The Hall–Kier alpha value is -2.58. The van der Waals surface area contributed by atoms with Crippen LogP contribution in [-0.2, 0) is 11.3 Å². The summed E-state index contributed by atoms with van der Waals surface area (Å²) in [6.45, 7) is 4.67. The lowest BCUT2D eigenvalue weighted by Crippen LogP contribution is -2.23. The molecule has 0 spiro atoms. The first-order valence-corrected chi connectivity index (χ1v) is 10.4. The molecule has 0 saturated heterocycles. The largest absolute Gasteiger partial charge is 0.495 e. The third-order valence-corrected chi connectivity index (χ3v) is 5.49. The second-order valence-electron chi connectivity index (χ2n) is 6.29. The van der Waals surface area contributed by atoms with Crippen LogP contribution in [0.4, 0.5) is 5.69 Å². The van der Waals surface area contributed by atoms with Gasteiger partial charge in [-0.25, -0.2) is 0 Å². The maximum absolute atomic E-state index is 12.7. The number of carbonyl (C=O) groups is 1. The Labute approximate surface area is 178 Å². The first kappa shape index (κ1) is 21.1. The average molecular weight is 432 g/mol. The smallest absolute Gasteiger partial charge is 0.237 e. The van der Waals surface area contributed by atoms with Gasteiger partial charge < -0.3 is 14.6 Å². The number of hydrogen-bond donors (Lipinski definition) is 1. The van der Waals surface area contributed by atoms with Crippen LogP contribution >= 0.6 is 23.4 Å². The van der Waals surface area contributed by atoms with E-state index in [1.165, 1.54) is 11.8 Å². The Balaban J connectivity index is 1.78. The molecule has 1 amide bonds. The lowest BCUT2D eigenvalue weighted by molar-refractivity contribution is -0.115. The average Bonchev–Trinajstić information content (AvgIpc) is 3.11. The number of aromatic nitrogens is 4.